The molecule has 3 rings (SSSR count). The second kappa shape index (κ2) is 7.96. The van der Waals surface area contributed by atoms with Gasteiger partial charge in [0, 0.05) is 13.1 Å². The highest BCUT2D eigenvalue weighted by atomic mass is 16.5. The lowest BCUT2D eigenvalue weighted by Crippen LogP contribution is -2.44. The Bertz CT molecular complexity index is 543. The van der Waals surface area contributed by atoms with Crippen LogP contribution in [0.3, 0.4) is 0 Å². The van der Waals surface area contributed by atoms with Gasteiger partial charge in [0.2, 0.25) is 5.91 Å². The summed E-state index contributed by atoms with van der Waals surface area (Å²) in [5.74, 6) is 0.816. The van der Waals surface area contributed by atoms with Crippen LogP contribution in [0, 0.1) is 0 Å². The second-order valence-electron chi connectivity index (χ2n) is 6.63. The molecule has 1 amide bonds. The Kier molecular flexibility index (Phi) is 5.71. The molecule has 2 heterocycles. The lowest BCUT2D eigenvalue weighted by atomic mass is 10.0. The van der Waals surface area contributed by atoms with E-state index in [1.165, 1.54) is 18.4 Å². The molecular formula is C18H27N3O3. The van der Waals surface area contributed by atoms with E-state index < -0.39 is 6.10 Å². The number of carbonyl (C=O) groups excluding carboxylic acids is 1. The second-order valence-corrected chi connectivity index (χ2v) is 6.63. The molecule has 2 fully saturated rings. The molecule has 3 unspecified atom stereocenters. The number of carbonyl (C=O) groups is 1. The molecule has 2 saturated heterocycles. The summed E-state index contributed by atoms with van der Waals surface area (Å²) in [7, 11) is 1.66. The smallest absolute Gasteiger partial charge is 0.237 e. The summed E-state index contributed by atoms with van der Waals surface area (Å²) in [5.41, 5.74) is 1.19. The maximum atomic E-state index is 12.3. The molecule has 0 spiro atoms. The lowest BCUT2D eigenvalue weighted by Gasteiger charge is -2.28. The molecule has 2 aliphatic heterocycles. The van der Waals surface area contributed by atoms with Crippen molar-refractivity contribution in [3.05, 3.63) is 29.8 Å². The van der Waals surface area contributed by atoms with Crippen molar-refractivity contribution >= 4 is 5.91 Å². The number of nitrogens with zero attached hydrogens (tertiary/aromatic N) is 1. The van der Waals surface area contributed by atoms with Crippen molar-refractivity contribution in [1.29, 1.82) is 0 Å². The van der Waals surface area contributed by atoms with E-state index in [1.807, 2.05) is 12.1 Å². The molecule has 0 bridgehead atoms. The van der Waals surface area contributed by atoms with Gasteiger partial charge in [-0.1, -0.05) is 12.1 Å². The van der Waals surface area contributed by atoms with Gasteiger partial charge in [0.1, 0.15) is 5.75 Å². The van der Waals surface area contributed by atoms with E-state index in [1.54, 1.807) is 7.11 Å². The monoisotopic (exact) mass is 333 g/mol. The largest absolute Gasteiger partial charge is 0.497 e. The van der Waals surface area contributed by atoms with Gasteiger partial charge in [0.05, 0.1) is 25.3 Å². The van der Waals surface area contributed by atoms with Crippen LogP contribution in [-0.2, 0) is 4.79 Å². The molecular weight excluding hydrogens is 306 g/mol. The first-order chi connectivity index (χ1) is 11.7. The predicted octanol–water partition coefficient (Wildman–Crippen LogP) is 0.671. The Hall–Kier alpha value is -1.63. The van der Waals surface area contributed by atoms with Gasteiger partial charge >= 0.3 is 0 Å². The standard InChI is InChI=1S/C18H27N3O3/c1-24-15-6-4-13(5-7-15)17(21-8-2-3-9-21)12-20-18(23)16-10-14(22)11-19-16/h4-7,14,16-17,19,22H,2-3,8-12H2,1H3,(H,20,23). The van der Waals surface area contributed by atoms with Crippen LogP contribution in [0.15, 0.2) is 24.3 Å². The average Bonchev–Trinajstić information content (AvgIpc) is 3.27. The van der Waals surface area contributed by atoms with Gasteiger partial charge in [-0.3, -0.25) is 9.69 Å². The average molecular weight is 333 g/mol. The van der Waals surface area contributed by atoms with Crippen LogP contribution in [0.25, 0.3) is 0 Å². The van der Waals surface area contributed by atoms with E-state index >= 15 is 0 Å². The number of aliphatic hydroxyl groups excluding tert-OH is 1. The SMILES string of the molecule is COc1ccc(C(CNC(=O)C2CC(O)CN2)N2CCCC2)cc1. The van der Waals surface area contributed by atoms with E-state index in [0.29, 0.717) is 19.5 Å². The molecule has 0 radical (unpaired) electrons. The Morgan fingerprint density at radius 3 is 2.67 bits per heavy atom. The summed E-state index contributed by atoms with van der Waals surface area (Å²) in [4.78, 5) is 14.7. The van der Waals surface area contributed by atoms with Crippen LogP contribution in [0.1, 0.15) is 30.9 Å². The molecule has 1 aromatic rings. The molecule has 2 aliphatic rings. The summed E-state index contributed by atoms with van der Waals surface area (Å²) in [6.07, 6.45) is 2.48. The van der Waals surface area contributed by atoms with Gasteiger partial charge in [0.25, 0.3) is 0 Å². The molecule has 3 N–H and O–H groups in total. The zero-order chi connectivity index (χ0) is 16.9. The van der Waals surface area contributed by atoms with Crippen molar-refractivity contribution in [1.82, 2.24) is 15.5 Å². The number of rotatable bonds is 6. The molecule has 6 heteroatoms. The van der Waals surface area contributed by atoms with Gasteiger partial charge in [0.15, 0.2) is 0 Å². The number of ether oxygens (including phenoxy) is 1. The molecule has 3 atom stereocenters. The summed E-state index contributed by atoms with van der Waals surface area (Å²) in [6.45, 7) is 3.20. The predicted molar refractivity (Wildman–Crippen MR) is 92.0 cm³/mol. The first kappa shape index (κ1) is 17.2. The maximum absolute atomic E-state index is 12.3. The quantitative estimate of drug-likeness (QED) is 0.714. The highest BCUT2D eigenvalue weighted by molar-refractivity contribution is 5.82. The summed E-state index contributed by atoms with van der Waals surface area (Å²) >= 11 is 0. The number of hydrogen-bond donors (Lipinski definition) is 3. The van der Waals surface area contributed by atoms with E-state index in [4.69, 9.17) is 4.74 Å². The van der Waals surface area contributed by atoms with E-state index in [0.717, 1.165) is 18.8 Å². The number of aliphatic hydroxyl groups is 1. The summed E-state index contributed by atoms with van der Waals surface area (Å²) in [5, 5.41) is 15.7. The fourth-order valence-electron chi connectivity index (χ4n) is 3.57. The normalized spacial score (nSPS) is 25.6. The molecule has 0 aliphatic carbocycles. The number of hydrogen-bond acceptors (Lipinski definition) is 5. The van der Waals surface area contributed by atoms with Crippen molar-refractivity contribution in [3.63, 3.8) is 0 Å². The third-order valence-corrected chi connectivity index (χ3v) is 4.98. The Morgan fingerprint density at radius 1 is 1.38 bits per heavy atom. The van der Waals surface area contributed by atoms with E-state index in [-0.39, 0.29) is 18.0 Å². The van der Waals surface area contributed by atoms with Gasteiger partial charge < -0.3 is 20.5 Å². The number of amides is 1. The number of nitrogens with one attached hydrogen (secondary N) is 2. The fourth-order valence-corrected chi connectivity index (χ4v) is 3.57. The molecule has 1 aromatic carbocycles. The highest BCUT2D eigenvalue weighted by Gasteiger charge is 2.29. The third-order valence-electron chi connectivity index (χ3n) is 4.98. The molecule has 0 aromatic heterocycles. The highest BCUT2D eigenvalue weighted by Crippen LogP contribution is 2.26. The molecule has 6 nitrogen and oxygen atoms in total. The minimum absolute atomic E-state index is 0.0238. The van der Waals surface area contributed by atoms with Crippen LogP contribution in [-0.4, -0.2) is 61.3 Å². The van der Waals surface area contributed by atoms with Crippen LogP contribution >= 0.6 is 0 Å². The van der Waals surface area contributed by atoms with Crippen molar-refractivity contribution in [2.75, 3.05) is 33.3 Å². The Balaban J connectivity index is 1.64. The van der Waals surface area contributed by atoms with Gasteiger partial charge in [-0.05, 0) is 50.0 Å². The van der Waals surface area contributed by atoms with Crippen molar-refractivity contribution < 1.29 is 14.6 Å². The topological polar surface area (TPSA) is 73.8 Å². The van der Waals surface area contributed by atoms with Crippen molar-refractivity contribution in [2.24, 2.45) is 0 Å². The Labute approximate surface area is 143 Å². The molecule has 0 saturated carbocycles. The first-order valence-corrected chi connectivity index (χ1v) is 8.74. The van der Waals surface area contributed by atoms with Crippen LogP contribution in [0.5, 0.6) is 5.75 Å². The van der Waals surface area contributed by atoms with Crippen LogP contribution in [0.4, 0.5) is 0 Å². The maximum Gasteiger partial charge on any atom is 0.237 e. The zero-order valence-corrected chi connectivity index (χ0v) is 14.2. The summed E-state index contributed by atoms with van der Waals surface area (Å²) < 4.78 is 5.23. The number of benzene rings is 1. The van der Waals surface area contributed by atoms with Crippen molar-refractivity contribution in [3.8, 4) is 5.75 Å². The first-order valence-electron chi connectivity index (χ1n) is 8.74. The van der Waals surface area contributed by atoms with Crippen LogP contribution < -0.4 is 15.4 Å². The fraction of sp³-hybridized carbons (Fsp3) is 0.611. The van der Waals surface area contributed by atoms with Gasteiger partial charge in [-0.15, -0.1) is 0 Å². The van der Waals surface area contributed by atoms with E-state index in [9.17, 15) is 9.90 Å². The number of methoxy groups -OCH3 is 1. The Morgan fingerprint density at radius 2 is 2.08 bits per heavy atom. The third kappa shape index (κ3) is 4.06. The number of likely N-dealkylation sites (tertiary alicyclic amines) is 1. The summed E-state index contributed by atoms with van der Waals surface area (Å²) in [6, 6.07) is 7.98. The van der Waals surface area contributed by atoms with Gasteiger partial charge in [-0.2, -0.15) is 0 Å². The lowest BCUT2D eigenvalue weighted by molar-refractivity contribution is -0.123. The molecule has 24 heavy (non-hydrogen) atoms. The van der Waals surface area contributed by atoms with E-state index in [2.05, 4.69) is 27.7 Å². The van der Waals surface area contributed by atoms with Crippen LogP contribution in [0.2, 0.25) is 0 Å². The van der Waals surface area contributed by atoms with Gasteiger partial charge in [-0.25, -0.2) is 0 Å². The molecule has 132 valence electrons. The minimum Gasteiger partial charge on any atom is -0.497 e. The number of β-amino-alcohol motifs (C(OH)–C–C–N with tert-alkyl or cyclic N) is 1. The minimum atomic E-state index is -0.420. The van der Waals surface area contributed by atoms with Crippen molar-refractivity contribution in [2.45, 2.75) is 37.5 Å². The zero-order valence-electron chi connectivity index (χ0n) is 14.2.